The minimum atomic E-state index is -4.82. The van der Waals surface area contributed by atoms with Gasteiger partial charge in [0.05, 0.1) is 5.69 Å². The number of nitrogens with one attached hydrogen (secondary N) is 1. The highest BCUT2D eigenvalue weighted by Crippen LogP contribution is 2.29. The first-order valence-corrected chi connectivity index (χ1v) is 6.33. The number of alkyl halides is 3. The van der Waals surface area contributed by atoms with E-state index in [1.54, 1.807) is 18.2 Å². The molecule has 0 aliphatic heterocycles. The van der Waals surface area contributed by atoms with Crippen LogP contribution in [0, 0.1) is 0 Å². The standard InChI is InChI=1S/C16H12F3NO2/c17-16(18,19)22-14-9-5-4-8-13(14)20-15(21)11-10-12-6-2-1-3-7-12/h1-11H,(H,20,21)/b11-10+. The number of para-hydroxylation sites is 2. The Hall–Kier alpha value is -2.76. The number of hydrogen-bond donors (Lipinski definition) is 1. The number of anilines is 1. The molecule has 6 heteroatoms. The largest absolute Gasteiger partial charge is 0.573 e. The maximum absolute atomic E-state index is 12.3. The second-order valence-electron chi connectivity index (χ2n) is 4.28. The number of carbonyl (C=O) groups is 1. The van der Waals surface area contributed by atoms with E-state index < -0.39 is 18.0 Å². The zero-order chi connectivity index (χ0) is 16.0. The summed E-state index contributed by atoms with van der Waals surface area (Å²) in [6.07, 6.45) is -2.02. The van der Waals surface area contributed by atoms with Gasteiger partial charge < -0.3 is 10.1 Å². The lowest BCUT2D eigenvalue weighted by atomic mass is 10.2. The number of amides is 1. The molecule has 2 rings (SSSR count). The summed E-state index contributed by atoms with van der Waals surface area (Å²) in [6, 6.07) is 14.4. The minimum absolute atomic E-state index is 0.0532. The van der Waals surface area contributed by atoms with Crippen molar-refractivity contribution in [2.45, 2.75) is 6.36 Å². The Morgan fingerprint density at radius 1 is 1.00 bits per heavy atom. The Balaban J connectivity index is 2.07. The van der Waals surface area contributed by atoms with Gasteiger partial charge >= 0.3 is 6.36 Å². The lowest BCUT2D eigenvalue weighted by Crippen LogP contribution is -2.19. The van der Waals surface area contributed by atoms with Crippen LogP contribution in [0.3, 0.4) is 0 Å². The molecule has 114 valence electrons. The second kappa shape index (κ2) is 6.80. The maximum atomic E-state index is 12.3. The summed E-state index contributed by atoms with van der Waals surface area (Å²) in [7, 11) is 0. The highest BCUT2D eigenvalue weighted by atomic mass is 19.4. The van der Waals surface area contributed by atoms with Gasteiger partial charge in [0.1, 0.15) is 0 Å². The first kappa shape index (κ1) is 15.6. The summed E-state index contributed by atoms with van der Waals surface area (Å²) >= 11 is 0. The van der Waals surface area contributed by atoms with Crippen molar-refractivity contribution in [3.8, 4) is 5.75 Å². The first-order chi connectivity index (χ1) is 10.4. The molecule has 0 saturated heterocycles. The van der Waals surface area contributed by atoms with Gasteiger partial charge in [-0.25, -0.2) is 0 Å². The van der Waals surface area contributed by atoms with Crippen molar-refractivity contribution in [2.24, 2.45) is 0 Å². The molecule has 0 radical (unpaired) electrons. The lowest BCUT2D eigenvalue weighted by Gasteiger charge is -2.13. The summed E-state index contributed by atoms with van der Waals surface area (Å²) < 4.78 is 40.7. The van der Waals surface area contributed by atoms with E-state index in [9.17, 15) is 18.0 Å². The summed E-state index contributed by atoms with van der Waals surface area (Å²) in [5.74, 6) is -1.02. The Labute approximate surface area is 125 Å². The van der Waals surface area contributed by atoms with Crippen LogP contribution in [0.2, 0.25) is 0 Å². The van der Waals surface area contributed by atoms with Crippen molar-refractivity contribution in [3.05, 3.63) is 66.2 Å². The Morgan fingerprint density at radius 2 is 1.64 bits per heavy atom. The Kier molecular flexibility index (Phi) is 4.83. The van der Waals surface area contributed by atoms with E-state index in [0.717, 1.165) is 11.6 Å². The van der Waals surface area contributed by atoms with Gasteiger partial charge in [-0.15, -0.1) is 13.2 Å². The molecule has 0 aliphatic rings. The molecular formula is C16H12F3NO2. The molecule has 0 spiro atoms. The molecule has 0 unspecified atom stereocenters. The molecule has 0 aromatic heterocycles. The number of carbonyl (C=O) groups excluding carboxylic acids is 1. The second-order valence-corrected chi connectivity index (χ2v) is 4.28. The van der Waals surface area contributed by atoms with Crippen LogP contribution in [0.1, 0.15) is 5.56 Å². The summed E-state index contributed by atoms with van der Waals surface area (Å²) in [5.41, 5.74) is 0.750. The van der Waals surface area contributed by atoms with Gasteiger partial charge in [0.25, 0.3) is 0 Å². The number of rotatable bonds is 4. The Morgan fingerprint density at radius 3 is 2.32 bits per heavy atom. The predicted octanol–water partition coefficient (Wildman–Crippen LogP) is 4.24. The van der Waals surface area contributed by atoms with E-state index in [-0.39, 0.29) is 5.69 Å². The summed E-state index contributed by atoms with van der Waals surface area (Å²) in [6.45, 7) is 0. The van der Waals surface area contributed by atoms with E-state index in [1.165, 1.54) is 24.3 Å². The smallest absolute Gasteiger partial charge is 0.404 e. The van der Waals surface area contributed by atoms with E-state index in [4.69, 9.17) is 0 Å². The number of hydrogen-bond acceptors (Lipinski definition) is 2. The number of ether oxygens (including phenoxy) is 1. The van der Waals surface area contributed by atoms with Crippen LogP contribution in [0.25, 0.3) is 6.08 Å². The quantitative estimate of drug-likeness (QED) is 0.858. The highest BCUT2D eigenvalue weighted by Gasteiger charge is 2.32. The molecule has 0 aliphatic carbocycles. The third-order valence-electron chi connectivity index (χ3n) is 2.60. The summed E-state index contributed by atoms with van der Waals surface area (Å²) in [4.78, 5) is 11.8. The van der Waals surface area contributed by atoms with E-state index in [1.807, 2.05) is 18.2 Å². The van der Waals surface area contributed by atoms with Crippen LogP contribution in [0.5, 0.6) is 5.75 Å². The maximum Gasteiger partial charge on any atom is 0.573 e. The predicted molar refractivity (Wildman–Crippen MR) is 77.2 cm³/mol. The van der Waals surface area contributed by atoms with Crippen molar-refractivity contribution in [1.29, 1.82) is 0 Å². The van der Waals surface area contributed by atoms with Crippen LogP contribution < -0.4 is 10.1 Å². The molecule has 2 aromatic carbocycles. The van der Waals surface area contributed by atoms with Gasteiger partial charge in [0.15, 0.2) is 5.75 Å². The molecule has 0 heterocycles. The molecule has 1 N–H and O–H groups in total. The fraction of sp³-hybridized carbons (Fsp3) is 0.0625. The van der Waals surface area contributed by atoms with Crippen molar-refractivity contribution >= 4 is 17.7 Å². The highest BCUT2D eigenvalue weighted by molar-refractivity contribution is 6.02. The van der Waals surface area contributed by atoms with Gasteiger partial charge in [-0.1, -0.05) is 42.5 Å². The molecule has 22 heavy (non-hydrogen) atoms. The number of halogens is 3. The monoisotopic (exact) mass is 307 g/mol. The van der Waals surface area contributed by atoms with Gasteiger partial charge in [0.2, 0.25) is 5.91 Å². The van der Waals surface area contributed by atoms with Crippen molar-refractivity contribution in [2.75, 3.05) is 5.32 Å². The normalized spacial score (nSPS) is 11.4. The third-order valence-corrected chi connectivity index (χ3v) is 2.60. The van der Waals surface area contributed by atoms with E-state index in [2.05, 4.69) is 10.1 Å². The zero-order valence-electron chi connectivity index (χ0n) is 11.3. The van der Waals surface area contributed by atoms with E-state index >= 15 is 0 Å². The molecular weight excluding hydrogens is 295 g/mol. The fourth-order valence-corrected chi connectivity index (χ4v) is 1.69. The topological polar surface area (TPSA) is 38.3 Å². The average Bonchev–Trinajstić information content (AvgIpc) is 2.47. The van der Waals surface area contributed by atoms with E-state index in [0.29, 0.717) is 0 Å². The van der Waals surface area contributed by atoms with Crippen molar-refractivity contribution in [1.82, 2.24) is 0 Å². The van der Waals surface area contributed by atoms with Crippen LogP contribution in [0.15, 0.2) is 60.7 Å². The third kappa shape index (κ3) is 4.97. The Bertz CT molecular complexity index is 667. The fourth-order valence-electron chi connectivity index (χ4n) is 1.69. The molecule has 1 amide bonds. The lowest BCUT2D eigenvalue weighted by molar-refractivity contribution is -0.274. The molecule has 2 aromatic rings. The van der Waals surface area contributed by atoms with Crippen LogP contribution in [0.4, 0.5) is 18.9 Å². The van der Waals surface area contributed by atoms with Crippen LogP contribution >= 0.6 is 0 Å². The average molecular weight is 307 g/mol. The van der Waals surface area contributed by atoms with Crippen molar-refractivity contribution in [3.63, 3.8) is 0 Å². The summed E-state index contributed by atoms with van der Waals surface area (Å²) in [5, 5.41) is 2.35. The van der Waals surface area contributed by atoms with Gasteiger partial charge in [-0.2, -0.15) is 0 Å². The van der Waals surface area contributed by atoms with Crippen LogP contribution in [-0.4, -0.2) is 12.3 Å². The molecule has 0 fully saturated rings. The first-order valence-electron chi connectivity index (χ1n) is 6.33. The molecule has 0 atom stereocenters. The molecule has 3 nitrogen and oxygen atoms in total. The van der Waals surface area contributed by atoms with Gasteiger partial charge in [-0.05, 0) is 23.8 Å². The zero-order valence-corrected chi connectivity index (χ0v) is 11.3. The van der Waals surface area contributed by atoms with Gasteiger partial charge in [-0.3, -0.25) is 4.79 Å². The number of benzene rings is 2. The van der Waals surface area contributed by atoms with Gasteiger partial charge in [0, 0.05) is 6.08 Å². The SMILES string of the molecule is O=C(/C=C/c1ccccc1)Nc1ccccc1OC(F)(F)F. The van der Waals surface area contributed by atoms with Crippen molar-refractivity contribution < 1.29 is 22.7 Å². The molecule has 0 bridgehead atoms. The minimum Gasteiger partial charge on any atom is -0.404 e. The van der Waals surface area contributed by atoms with Crippen LogP contribution in [-0.2, 0) is 4.79 Å². The molecule has 0 saturated carbocycles.